The van der Waals surface area contributed by atoms with Crippen molar-refractivity contribution in [2.24, 2.45) is 5.41 Å². The molecule has 1 spiro atoms. The second-order valence-corrected chi connectivity index (χ2v) is 8.42. The molecule has 28 heavy (non-hydrogen) atoms. The van der Waals surface area contributed by atoms with Crippen LogP contribution in [0.2, 0.25) is 5.02 Å². The van der Waals surface area contributed by atoms with E-state index in [0.717, 1.165) is 30.2 Å². The number of carbonyl (C=O) groups is 1. The second-order valence-electron chi connectivity index (χ2n) is 7.98. The molecule has 1 aromatic heterocycles. The van der Waals surface area contributed by atoms with Crippen molar-refractivity contribution in [3.63, 3.8) is 0 Å². The molecule has 2 saturated heterocycles. The highest BCUT2D eigenvalue weighted by Crippen LogP contribution is 2.43. The number of amides is 2. The van der Waals surface area contributed by atoms with Crippen LogP contribution in [0.25, 0.3) is 0 Å². The first-order valence-electron chi connectivity index (χ1n) is 9.27. The van der Waals surface area contributed by atoms with Crippen LogP contribution >= 0.6 is 11.6 Å². The summed E-state index contributed by atoms with van der Waals surface area (Å²) in [6, 6.07) is 7.79. The molecule has 0 saturated carbocycles. The molecule has 0 radical (unpaired) electrons. The van der Waals surface area contributed by atoms with Gasteiger partial charge in [-0.1, -0.05) is 11.6 Å². The van der Waals surface area contributed by atoms with Crippen LogP contribution in [0.3, 0.4) is 0 Å². The SMILES string of the molecule is O=C(N1CC2(C1)CN(c1ccc(F)cn1)C2)N1c2ccc(Cl)cc2CC1CF. The summed E-state index contributed by atoms with van der Waals surface area (Å²) in [5, 5.41) is 0.595. The molecule has 146 valence electrons. The van der Waals surface area contributed by atoms with Gasteiger partial charge in [-0.2, -0.15) is 0 Å². The zero-order chi connectivity index (χ0) is 19.5. The number of halogens is 3. The normalized spacial score (nSPS) is 22.1. The molecule has 1 atom stereocenters. The van der Waals surface area contributed by atoms with Crippen LogP contribution in [0, 0.1) is 11.2 Å². The first-order chi connectivity index (χ1) is 13.5. The smallest absolute Gasteiger partial charge is 0.324 e. The van der Waals surface area contributed by atoms with Gasteiger partial charge in [0, 0.05) is 42.3 Å². The van der Waals surface area contributed by atoms with Gasteiger partial charge in [0.25, 0.3) is 0 Å². The molecule has 5 nitrogen and oxygen atoms in total. The molecular weight excluding hydrogens is 386 g/mol. The predicted octanol–water partition coefficient (Wildman–Crippen LogP) is 3.52. The van der Waals surface area contributed by atoms with Gasteiger partial charge in [-0.25, -0.2) is 18.6 Å². The Labute approximate surface area is 166 Å². The van der Waals surface area contributed by atoms with Crippen LogP contribution in [0.15, 0.2) is 36.5 Å². The zero-order valence-electron chi connectivity index (χ0n) is 15.1. The van der Waals surface area contributed by atoms with E-state index in [0.29, 0.717) is 24.5 Å². The van der Waals surface area contributed by atoms with Crippen LogP contribution in [0.5, 0.6) is 0 Å². The number of hydrogen-bond acceptors (Lipinski definition) is 3. The Hall–Kier alpha value is -2.41. The second kappa shape index (κ2) is 6.30. The summed E-state index contributed by atoms with van der Waals surface area (Å²) in [6.07, 6.45) is 1.70. The maximum Gasteiger partial charge on any atom is 0.324 e. The molecule has 2 amide bonds. The van der Waals surface area contributed by atoms with Crippen molar-refractivity contribution in [3.8, 4) is 0 Å². The predicted molar refractivity (Wildman–Crippen MR) is 103 cm³/mol. The Balaban J connectivity index is 1.25. The topological polar surface area (TPSA) is 39.7 Å². The van der Waals surface area contributed by atoms with Crippen molar-refractivity contribution in [2.45, 2.75) is 12.5 Å². The molecular formula is C20H19ClF2N4O. The maximum absolute atomic E-state index is 13.6. The van der Waals surface area contributed by atoms with Crippen molar-refractivity contribution in [2.75, 3.05) is 42.7 Å². The molecule has 0 N–H and O–H groups in total. The highest BCUT2D eigenvalue weighted by Gasteiger charge is 2.55. The highest BCUT2D eigenvalue weighted by molar-refractivity contribution is 6.30. The Morgan fingerprint density at radius 1 is 1.21 bits per heavy atom. The molecule has 5 rings (SSSR count). The minimum atomic E-state index is -0.582. The summed E-state index contributed by atoms with van der Waals surface area (Å²) in [5.41, 5.74) is 1.72. The fraction of sp³-hybridized carbons (Fsp3) is 0.400. The van der Waals surface area contributed by atoms with Crippen molar-refractivity contribution in [1.82, 2.24) is 9.88 Å². The van der Waals surface area contributed by atoms with Crippen LogP contribution < -0.4 is 9.80 Å². The Morgan fingerprint density at radius 3 is 2.68 bits per heavy atom. The number of benzene rings is 1. The number of hydrogen-bond donors (Lipinski definition) is 0. The summed E-state index contributed by atoms with van der Waals surface area (Å²) >= 11 is 6.04. The molecule has 3 aliphatic rings. The van der Waals surface area contributed by atoms with Gasteiger partial charge >= 0.3 is 6.03 Å². The fourth-order valence-electron chi connectivity index (χ4n) is 4.61. The number of rotatable bonds is 2. The molecule has 0 bridgehead atoms. The van der Waals surface area contributed by atoms with Crippen molar-refractivity contribution >= 4 is 29.1 Å². The summed E-state index contributed by atoms with van der Waals surface area (Å²) in [5.74, 6) is 0.397. The van der Waals surface area contributed by atoms with Gasteiger partial charge in [0.05, 0.1) is 12.2 Å². The monoisotopic (exact) mass is 404 g/mol. The van der Waals surface area contributed by atoms with E-state index in [2.05, 4.69) is 9.88 Å². The lowest BCUT2D eigenvalue weighted by atomic mass is 9.73. The van der Waals surface area contributed by atoms with E-state index < -0.39 is 12.7 Å². The molecule has 4 heterocycles. The standard InChI is InChI=1S/C20H19ClF2N4O/c21-14-1-3-17-13(5-14)6-16(7-22)27(17)19(28)26-11-20(12-26)9-25(10-20)18-4-2-15(23)8-24-18/h1-5,8,16H,6-7,9-12H2. The summed E-state index contributed by atoms with van der Waals surface area (Å²) in [7, 11) is 0. The highest BCUT2D eigenvalue weighted by atomic mass is 35.5. The van der Waals surface area contributed by atoms with Crippen molar-refractivity contribution in [3.05, 3.63) is 52.9 Å². The van der Waals surface area contributed by atoms with E-state index in [4.69, 9.17) is 11.6 Å². The number of likely N-dealkylation sites (tertiary alicyclic amines) is 1. The third-order valence-corrected chi connectivity index (χ3v) is 6.15. The molecule has 8 heteroatoms. The number of pyridine rings is 1. The average Bonchev–Trinajstić information content (AvgIpc) is 2.98. The number of aromatic nitrogens is 1. The largest absolute Gasteiger partial charge is 0.355 e. The van der Waals surface area contributed by atoms with Gasteiger partial charge < -0.3 is 9.80 Å². The number of alkyl halides is 1. The lowest BCUT2D eigenvalue weighted by Gasteiger charge is -2.60. The minimum Gasteiger partial charge on any atom is -0.355 e. The Bertz CT molecular complexity index is 924. The lowest BCUT2D eigenvalue weighted by Crippen LogP contribution is -2.74. The fourth-order valence-corrected chi connectivity index (χ4v) is 4.80. The van der Waals surface area contributed by atoms with Gasteiger partial charge in [-0.05, 0) is 42.3 Å². The first kappa shape index (κ1) is 17.7. The third kappa shape index (κ3) is 2.71. The first-order valence-corrected chi connectivity index (χ1v) is 9.65. The van der Waals surface area contributed by atoms with Gasteiger partial charge in [-0.3, -0.25) is 4.90 Å². The maximum atomic E-state index is 13.6. The molecule has 1 aromatic carbocycles. The zero-order valence-corrected chi connectivity index (χ0v) is 15.9. The quantitative estimate of drug-likeness (QED) is 0.769. The Kier molecular flexibility index (Phi) is 3.98. The van der Waals surface area contributed by atoms with Gasteiger partial charge in [-0.15, -0.1) is 0 Å². The van der Waals surface area contributed by atoms with Crippen molar-refractivity contribution in [1.29, 1.82) is 0 Å². The van der Waals surface area contributed by atoms with E-state index in [1.54, 1.807) is 28.0 Å². The molecule has 2 aromatic rings. The summed E-state index contributed by atoms with van der Waals surface area (Å²) in [4.78, 5) is 22.6. The van der Waals surface area contributed by atoms with E-state index in [9.17, 15) is 13.6 Å². The minimum absolute atomic E-state index is 0.0550. The van der Waals surface area contributed by atoms with E-state index >= 15 is 0 Å². The van der Waals surface area contributed by atoms with Crippen LogP contribution in [-0.2, 0) is 6.42 Å². The lowest BCUT2D eigenvalue weighted by molar-refractivity contribution is 0.00912. The van der Waals surface area contributed by atoms with Crippen LogP contribution in [0.1, 0.15) is 5.56 Å². The number of urea groups is 1. The van der Waals surface area contributed by atoms with Gasteiger partial charge in [0.15, 0.2) is 0 Å². The van der Waals surface area contributed by atoms with E-state index in [1.165, 1.54) is 12.3 Å². The summed E-state index contributed by atoms with van der Waals surface area (Å²) < 4.78 is 26.6. The Morgan fingerprint density at radius 2 is 2.00 bits per heavy atom. The van der Waals surface area contributed by atoms with Crippen LogP contribution in [-0.4, -0.2) is 54.8 Å². The third-order valence-electron chi connectivity index (χ3n) is 5.92. The summed E-state index contributed by atoms with van der Waals surface area (Å²) in [6.45, 7) is 2.27. The van der Waals surface area contributed by atoms with Gasteiger partial charge in [0.1, 0.15) is 18.3 Å². The molecule has 3 aliphatic heterocycles. The van der Waals surface area contributed by atoms with E-state index in [-0.39, 0.29) is 17.3 Å². The van der Waals surface area contributed by atoms with Crippen LogP contribution in [0.4, 0.5) is 25.1 Å². The van der Waals surface area contributed by atoms with Gasteiger partial charge in [0.2, 0.25) is 0 Å². The number of nitrogens with zero attached hydrogens (tertiary/aromatic N) is 4. The number of carbonyl (C=O) groups excluding carboxylic acids is 1. The molecule has 2 fully saturated rings. The number of fused-ring (bicyclic) bond motifs is 1. The average molecular weight is 405 g/mol. The van der Waals surface area contributed by atoms with E-state index in [1.807, 2.05) is 6.07 Å². The molecule has 0 aliphatic carbocycles. The molecule has 1 unspecified atom stereocenters. The number of anilines is 2. The van der Waals surface area contributed by atoms with Crippen molar-refractivity contribution < 1.29 is 13.6 Å².